The van der Waals surface area contributed by atoms with Gasteiger partial charge in [-0.05, 0) is 0 Å². The van der Waals surface area contributed by atoms with Crippen LogP contribution in [0.15, 0.2) is 30.3 Å². The predicted molar refractivity (Wildman–Crippen MR) is 47.6 cm³/mol. The van der Waals surface area contributed by atoms with Crippen molar-refractivity contribution in [2.75, 3.05) is 6.54 Å². The molecule has 0 saturated heterocycles. The van der Waals surface area contributed by atoms with Gasteiger partial charge in [-0.1, -0.05) is 30.3 Å². The first-order chi connectivity index (χ1) is 6.61. The summed E-state index contributed by atoms with van der Waals surface area (Å²) in [6.07, 6.45) is 0. The number of benzene rings is 1. The van der Waals surface area contributed by atoms with Crippen LogP contribution in [0.3, 0.4) is 0 Å². The lowest BCUT2D eigenvalue weighted by atomic mass is 10.1. The van der Waals surface area contributed by atoms with Crippen LogP contribution >= 0.6 is 0 Å². The number of carbonyl (C=O) groups excluding carboxylic acids is 2. The molecule has 14 heavy (non-hydrogen) atoms. The standard InChI is InChI=1S/C9H7NO4/c11-8(6-10(13)14)9(12)7-4-2-1-3-5-7/h1-5H,6H2. The minimum atomic E-state index is -0.999. The summed E-state index contributed by atoms with van der Waals surface area (Å²) in [7, 11) is 0. The topological polar surface area (TPSA) is 77.3 Å². The third-order valence-corrected chi connectivity index (χ3v) is 1.56. The predicted octanol–water partition coefficient (Wildman–Crippen LogP) is 0.715. The Hall–Kier alpha value is -2.04. The Morgan fingerprint density at radius 3 is 2.29 bits per heavy atom. The fourth-order valence-electron chi connectivity index (χ4n) is 0.940. The van der Waals surface area contributed by atoms with Gasteiger partial charge in [-0.15, -0.1) is 0 Å². The molecule has 1 aromatic rings. The van der Waals surface area contributed by atoms with Crippen molar-refractivity contribution in [2.45, 2.75) is 0 Å². The average molecular weight is 193 g/mol. The Balaban J connectivity index is 2.76. The molecule has 72 valence electrons. The van der Waals surface area contributed by atoms with E-state index in [9.17, 15) is 19.7 Å². The molecule has 0 N–H and O–H groups in total. The van der Waals surface area contributed by atoms with E-state index in [1.165, 1.54) is 12.1 Å². The Bertz CT molecular complexity index is 372. The molecule has 0 heterocycles. The molecule has 0 spiro atoms. The van der Waals surface area contributed by atoms with Crippen molar-refractivity contribution >= 4 is 11.6 Å². The van der Waals surface area contributed by atoms with Crippen LogP contribution in [-0.4, -0.2) is 23.0 Å². The highest BCUT2D eigenvalue weighted by molar-refractivity contribution is 6.44. The molecule has 0 aromatic heterocycles. The molecule has 0 radical (unpaired) electrons. The van der Waals surface area contributed by atoms with Crippen LogP contribution < -0.4 is 0 Å². The lowest BCUT2D eigenvalue weighted by molar-refractivity contribution is -0.466. The monoisotopic (exact) mass is 193 g/mol. The number of Topliss-reactive ketones (excluding diaryl/α,β-unsaturated/α-hetero) is 2. The van der Waals surface area contributed by atoms with Gasteiger partial charge in [-0.25, -0.2) is 0 Å². The fraction of sp³-hybridized carbons (Fsp3) is 0.111. The summed E-state index contributed by atoms with van der Waals surface area (Å²) < 4.78 is 0. The quantitative estimate of drug-likeness (QED) is 0.305. The Morgan fingerprint density at radius 1 is 1.21 bits per heavy atom. The molecule has 1 rings (SSSR count). The molecule has 0 unspecified atom stereocenters. The van der Waals surface area contributed by atoms with Crippen LogP contribution in [-0.2, 0) is 4.79 Å². The summed E-state index contributed by atoms with van der Waals surface area (Å²) in [5, 5.41) is 9.98. The van der Waals surface area contributed by atoms with E-state index in [4.69, 9.17) is 0 Å². The summed E-state index contributed by atoms with van der Waals surface area (Å²) >= 11 is 0. The Morgan fingerprint density at radius 2 is 1.79 bits per heavy atom. The molecule has 0 aliphatic heterocycles. The molecular weight excluding hydrogens is 186 g/mol. The Kier molecular flexibility index (Phi) is 3.06. The van der Waals surface area contributed by atoms with Gasteiger partial charge >= 0.3 is 0 Å². The first kappa shape index (κ1) is 10.0. The van der Waals surface area contributed by atoms with Gasteiger partial charge in [0.25, 0.3) is 12.3 Å². The maximum atomic E-state index is 11.2. The van der Waals surface area contributed by atoms with Gasteiger partial charge in [0.1, 0.15) is 0 Å². The van der Waals surface area contributed by atoms with Gasteiger partial charge in [0, 0.05) is 10.5 Å². The second kappa shape index (κ2) is 4.27. The van der Waals surface area contributed by atoms with Crippen molar-refractivity contribution in [1.29, 1.82) is 0 Å². The summed E-state index contributed by atoms with van der Waals surface area (Å²) in [5.41, 5.74) is 0.180. The summed E-state index contributed by atoms with van der Waals surface area (Å²) in [6, 6.07) is 7.76. The molecule has 5 nitrogen and oxygen atoms in total. The van der Waals surface area contributed by atoms with Crippen molar-refractivity contribution in [3.05, 3.63) is 46.0 Å². The van der Waals surface area contributed by atoms with Gasteiger partial charge in [-0.2, -0.15) is 0 Å². The molecular formula is C9H7NO4. The number of nitrogens with zero attached hydrogens (tertiary/aromatic N) is 1. The van der Waals surface area contributed by atoms with Crippen molar-refractivity contribution in [2.24, 2.45) is 0 Å². The molecule has 0 aliphatic carbocycles. The van der Waals surface area contributed by atoms with Gasteiger partial charge in [0.05, 0.1) is 0 Å². The zero-order valence-corrected chi connectivity index (χ0v) is 7.17. The van der Waals surface area contributed by atoms with Crippen LogP contribution in [0, 0.1) is 10.1 Å². The van der Waals surface area contributed by atoms with E-state index in [-0.39, 0.29) is 5.56 Å². The minimum absolute atomic E-state index is 0.180. The molecule has 0 bridgehead atoms. The first-order valence-corrected chi connectivity index (χ1v) is 3.85. The van der Waals surface area contributed by atoms with Crippen LogP contribution in [0.1, 0.15) is 10.4 Å². The SMILES string of the molecule is O=C(C[N+](=O)[O-])C(=O)c1ccccc1. The third kappa shape index (κ3) is 2.48. The van der Waals surface area contributed by atoms with Crippen LogP contribution in [0.2, 0.25) is 0 Å². The first-order valence-electron chi connectivity index (χ1n) is 3.85. The molecule has 0 atom stereocenters. The van der Waals surface area contributed by atoms with Crippen molar-refractivity contribution in [3.63, 3.8) is 0 Å². The maximum Gasteiger partial charge on any atom is 0.273 e. The zero-order valence-electron chi connectivity index (χ0n) is 7.17. The van der Waals surface area contributed by atoms with Crippen LogP contribution in [0.5, 0.6) is 0 Å². The number of hydrogen-bond donors (Lipinski definition) is 0. The summed E-state index contributed by atoms with van der Waals surface area (Å²) in [5.74, 6) is -1.82. The van der Waals surface area contributed by atoms with E-state index in [0.29, 0.717) is 0 Å². The van der Waals surface area contributed by atoms with Gasteiger partial charge in [-0.3, -0.25) is 19.7 Å². The van der Waals surface area contributed by atoms with Crippen LogP contribution in [0.25, 0.3) is 0 Å². The van der Waals surface area contributed by atoms with Gasteiger partial charge in [0.15, 0.2) is 0 Å². The second-order valence-corrected chi connectivity index (χ2v) is 2.61. The number of nitro groups is 1. The minimum Gasteiger partial charge on any atom is -0.285 e. The highest BCUT2D eigenvalue weighted by Gasteiger charge is 2.20. The van der Waals surface area contributed by atoms with Crippen molar-refractivity contribution in [1.82, 2.24) is 0 Å². The average Bonchev–Trinajstić information content (AvgIpc) is 2.17. The molecule has 1 aromatic carbocycles. The highest BCUT2D eigenvalue weighted by Crippen LogP contribution is 2.00. The molecule has 0 saturated carbocycles. The van der Waals surface area contributed by atoms with Gasteiger partial charge in [0.2, 0.25) is 5.78 Å². The molecule has 5 heteroatoms. The van der Waals surface area contributed by atoms with E-state index < -0.39 is 23.0 Å². The van der Waals surface area contributed by atoms with E-state index in [1.54, 1.807) is 18.2 Å². The number of hydrogen-bond acceptors (Lipinski definition) is 4. The molecule has 0 aliphatic rings. The summed E-state index contributed by atoms with van der Waals surface area (Å²) in [4.78, 5) is 31.4. The van der Waals surface area contributed by atoms with Gasteiger partial charge < -0.3 is 0 Å². The number of rotatable bonds is 4. The number of carbonyl (C=O) groups is 2. The van der Waals surface area contributed by atoms with Crippen LogP contribution in [0.4, 0.5) is 0 Å². The lowest BCUT2D eigenvalue weighted by Crippen LogP contribution is -2.22. The number of ketones is 2. The Labute approximate surface area is 79.5 Å². The highest BCUT2D eigenvalue weighted by atomic mass is 16.6. The molecule has 0 fully saturated rings. The van der Waals surface area contributed by atoms with Crippen molar-refractivity contribution < 1.29 is 14.5 Å². The molecule has 0 amide bonds. The van der Waals surface area contributed by atoms with Crippen molar-refractivity contribution in [3.8, 4) is 0 Å². The summed E-state index contributed by atoms with van der Waals surface area (Å²) in [6.45, 7) is -0.951. The largest absolute Gasteiger partial charge is 0.285 e. The van der Waals surface area contributed by atoms with E-state index in [2.05, 4.69) is 0 Å². The lowest BCUT2D eigenvalue weighted by Gasteiger charge is -1.95. The van der Waals surface area contributed by atoms with E-state index in [0.717, 1.165) is 0 Å². The smallest absolute Gasteiger partial charge is 0.273 e. The zero-order chi connectivity index (χ0) is 10.6. The second-order valence-electron chi connectivity index (χ2n) is 2.61. The maximum absolute atomic E-state index is 11.2. The third-order valence-electron chi connectivity index (χ3n) is 1.56. The normalized spacial score (nSPS) is 9.43. The van der Waals surface area contributed by atoms with E-state index in [1.807, 2.05) is 0 Å². The fourth-order valence-corrected chi connectivity index (χ4v) is 0.940. The van der Waals surface area contributed by atoms with E-state index >= 15 is 0 Å².